The van der Waals surface area contributed by atoms with Gasteiger partial charge in [-0.25, -0.2) is 0 Å². The van der Waals surface area contributed by atoms with E-state index in [1.807, 2.05) is 26.0 Å². The first-order valence-electron chi connectivity index (χ1n) is 7.14. The Balaban J connectivity index is 2.69. The predicted octanol–water partition coefficient (Wildman–Crippen LogP) is 1.43. The van der Waals surface area contributed by atoms with E-state index in [2.05, 4.69) is 5.32 Å². The Kier molecular flexibility index (Phi) is 6.21. The van der Waals surface area contributed by atoms with Crippen molar-refractivity contribution in [3.63, 3.8) is 0 Å². The molecule has 1 unspecified atom stereocenters. The van der Waals surface area contributed by atoms with Gasteiger partial charge < -0.3 is 16.0 Å². The Hall–Kier alpha value is -2.04. The van der Waals surface area contributed by atoms with Crippen LogP contribution in [-0.4, -0.2) is 36.9 Å². The van der Waals surface area contributed by atoms with E-state index in [1.165, 1.54) is 4.90 Å². The maximum atomic E-state index is 12.1. The Morgan fingerprint density at radius 3 is 2.48 bits per heavy atom. The monoisotopic (exact) mass is 291 g/mol. The molecule has 1 rings (SSSR count). The molecule has 1 aromatic rings. The molecular formula is C16H25N3O2. The van der Waals surface area contributed by atoms with Gasteiger partial charge in [0.05, 0.1) is 6.42 Å². The lowest BCUT2D eigenvalue weighted by molar-refractivity contribution is -0.134. The third-order valence-electron chi connectivity index (χ3n) is 3.10. The lowest BCUT2D eigenvalue weighted by Crippen LogP contribution is -2.47. The van der Waals surface area contributed by atoms with E-state index in [4.69, 9.17) is 5.73 Å². The van der Waals surface area contributed by atoms with Gasteiger partial charge in [-0.15, -0.1) is 0 Å². The molecule has 0 bridgehead atoms. The lowest BCUT2D eigenvalue weighted by atomic mass is 10.0. The van der Waals surface area contributed by atoms with Gasteiger partial charge in [0, 0.05) is 19.8 Å². The van der Waals surface area contributed by atoms with Crippen molar-refractivity contribution in [1.29, 1.82) is 0 Å². The van der Waals surface area contributed by atoms with Crippen LogP contribution < -0.4 is 11.1 Å². The lowest BCUT2D eigenvalue weighted by Gasteiger charge is -2.23. The van der Waals surface area contributed by atoms with Crippen LogP contribution in [0.2, 0.25) is 0 Å². The zero-order valence-corrected chi connectivity index (χ0v) is 13.2. The molecule has 0 fully saturated rings. The number of amides is 2. The highest BCUT2D eigenvalue weighted by Gasteiger charge is 2.23. The van der Waals surface area contributed by atoms with Crippen molar-refractivity contribution in [3.8, 4) is 0 Å². The minimum absolute atomic E-state index is 0.0791. The van der Waals surface area contributed by atoms with Crippen LogP contribution in [0.25, 0.3) is 0 Å². The number of hydrogen-bond acceptors (Lipinski definition) is 3. The van der Waals surface area contributed by atoms with Gasteiger partial charge in [0.25, 0.3) is 0 Å². The van der Waals surface area contributed by atoms with E-state index in [-0.39, 0.29) is 18.2 Å². The number of benzene rings is 1. The fourth-order valence-electron chi connectivity index (χ4n) is 2.14. The van der Waals surface area contributed by atoms with Crippen LogP contribution in [0.5, 0.6) is 0 Å². The number of carbonyl (C=O) groups excluding carboxylic acids is 2. The second-order valence-corrected chi connectivity index (χ2v) is 5.90. The van der Waals surface area contributed by atoms with Crippen LogP contribution >= 0.6 is 0 Å². The molecule has 116 valence electrons. The largest absolute Gasteiger partial charge is 0.399 e. The molecular weight excluding hydrogens is 266 g/mol. The van der Waals surface area contributed by atoms with Crippen LogP contribution in [0.3, 0.4) is 0 Å². The summed E-state index contributed by atoms with van der Waals surface area (Å²) in [4.78, 5) is 25.7. The average Bonchev–Trinajstić information content (AvgIpc) is 2.36. The minimum Gasteiger partial charge on any atom is -0.399 e. The van der Waals surface area contributed by atoms with Crippen LogP contribution in [0.15, 0.2) is 24.3 Å². The quantitative estimate of drug-likeness (QED) is 0.779. The number of nitrogens with one attached hydrogen (secondary N) is 1. The van der Waals surface area contributed by atoms with Gasteiger partial charge in [0.2, 0.25) is 11.8 Å². The van der Waals surface area contributed by atoms with E-state index >= 15 is 0 Å². The van der Waals surface area contributed by atoms with Gasteiger partial charge in [-0.2, -0.15) is 0 Å². The van der Waals surface area contributed by atoms with Gasteiger partial charge in [0.1, 0.15) is 6.04 Å². The van der Waals surface area contributed by atoms with Crippen LogP contribution in [0, 0.1) is 5.92 Å². The molecule has 5 nitrogen and oxygen atoms in total. The summed E-state index contributed by atoms with van der Waals surface area (Å²) in [5, 5.41) is 2.83. The van der Waals surface area contributed by atoms with Crippen molar-refractivity contribution in [2.24, 2.45) is 5.92 Å². The topological polar surface area (TPSA) is 75.4 Å². The molecule has 3 N–H and O–H groups in total. The molecule has 0 aliphatic rings. The van der Waals surface area contributed by atoms with E-state index < -0.39 is 6.04 Å². The fraction of sp³-hybridized carbons (Fsp3) is 0.500. The van der Waals surface area contributed by atoms with Crippen LogP contribution in [0.4, 0.5) is 5.69 Å². The number of hydrogen-bond donors (Lipinski definition) is 2. The second-order valence-electron chi connectivity index (χ2n) is 5.90. The number of carbonyl (C=O) groups is 2. The van der Waals surface area contributed by atoms with Gasteiger partial charge in [-0.3, -0.25) is 9.59 Å². The summed E-state index contributed by atoms with van der Waals surface area (Å²) in [6, 6.07) is 6.73. The second kappa shape index (κ2) is 7.67. The first-order chi connectivity index (χ1) is 9.79. The Labute approximate surface area is 126 Å². The van der Waals surface area contributed by atoms with Crippen molar-refractivity contribution < 1.29 is 9.59 Å². The molecule has 0 aliphatic carbocycles. The molecule has 1 atom stereocenters. The summed E-state index contributed by atoms with van der Waals surface area (Å²) >= 11 is 0. The molecule has 0 saturated carbocycles. The Morgan fingerprint density at radius 1 is 1.29 bits per heavy atom. The highest BCUT2D eigenvalue weighted by Crippen LogP contribution is 2.09. The molecule has 0 spiro atoms. The third-order valence-corrected chi connectivity index (χ3v) is 3.10. The van der Waals surface area contributed by atoms with E-state index in [9.17, 15) is 9.59 Å². The van der Waals surface area contributed by atoms with Crippen molar-refractivity contribution in [1.82, 2.24) is 10.2 Å². The van der Waals surface area contributed by atoms with Crippen molar-refractivity contribution in [2.45, 2.75) is 32.7 Å². The van der Waals surface area contributed by atoms with E-state index in [0.717, 1.165) is 5.56 Å². The zero-order chi connectivity index (χ0) is 16.0. The summed E-state index contributed by atoms with van der Waals surface area (Å²) in [6.07, 6.45) is 0.847. The van der Waals surface area contributed by atoms with Gasteiger partial charge in [-0.05, 0) is 30.0 Å². The summed E-state index contributed by atoms with van der Waals surface area (Å²) in [5.74, 6) is 0.0812. The molecule has 1 aromatic carbocycles. The molecule has 0 heterocycles. The zero-order valence-electron chi connectivity index (χ0n) is 13.2. The van der Waals surface area contributed by atoms with E-state index in [1.54, 1.807) is 26.2 Å². The van der Waals surface area contributed by atoms with Crippen molar-refractivity contribution in [2.75, 3.05) is 19.8 Å². The first kappa shape index (κ1) is 17.0. The molecule has 0 radical (unpaired) electrons. The highest BCUT2D eigenvalue weighted by molar-refractivity contribution is 5.88. The van der Waals surface area contributed by atoms with Gasteiger partial charge in [0.15, 0.2) is 0 Å². The van der Waals surface area contributed by atoms with Crippen molar-refractivity contribution >= 4 is 17.5 Å². The van der Waals surface area contributed by atoms with Crippen molar-refractivity contribution in [3.05, 3.63) is 29.8 Å². The fourth-order valence-corrected chi connectivity index (χ4v) is 2.14. The number of likely N-dealkylation sites (N-methyl/N-ethyl adjacent to an activating group) is 1. The minimum atomic E-state index is -0.478. The summed E-state index contributed by atoms with van der Waals surface area (Å²) in [5.41, 5.74) is 7.17. The summed E-state index contributed by atoms with van der Waals surface area (Å²) in [6.45, 7) is 4.06. The first-order valence-corrected chi connectivity index (χ1v) is 7.14. The normalized spacial score (nSPS) is 12.0. The molecule has 21 heavy (non-hydrogen) atoms. The number of nitrogen functional groups attached to an aromatic ring is 1. The maximum absolute atomic E-state index is 12.1. The van der Waals surface area contributed by atoms with Gasteiger partial charge in [-0.1, -0.05) is 26.0 Å². The smallest absolute Gasteiger partial charge is 0.244 e. The number of nitrogens with two attached hydrogens (primary N) is 1. The Bertz CT molecular complexity index is 498. The van der Waals surface area contributed by atoms with Gasteiger partial charge >= 0.3 is 0 Å². The molecule has 2 amide bonds. The summed E-state index contributed by atoms with van der Waals surface area (Å²) in [7, 11) is 3.39. The number of anilines is 1. The average molecular weight is 291 g/mol. The summed E-state index contributed by atoms with van der Waals surface area (Å²) < 4.78 is 0. The molecule has 0 saturated heterocycles. The highest BCUT2D eigenvalue weighted by atomic mass is 16.2. The van der Waals surface area contributed by atoms with Crippen LogP contribution in [0.1, 0.15) is 25.8 Å². The number of rotatable bonds is 6. The maximum Gasteiger partial charge on any atom is 0.244 e. The van der Waals surface area contributed by atoms with E-state index in [0.29, 0.717) is 18.0 Å². The number of nitrogens with zero attached hydrogens (tertiary/aromatic N) is 1. The third kappa shape index (κ3) is 5.85. The predicted molar refractivity (Wildman–Crippen MR) is 84.6 cm³/mol. The molecule has 0 aliphatic heterocycles. The molecule has 0 aromatic heterocycles. The standard InChI is InChI=1S/C16H25N3O2/c1-11(2)8-14(16(21)19(3)4)18-15(20)10-12-6-5-7-13(17)9-12/h5-7,9,11,14H,8,10,17H2,1-4H3,(H,18,20). The SMILES string of the molecule is CC(C)CC(NC(=O)Cc1cccc(N)c1)C(=O)N(C)C. The Morgan fingerprint density at radius 2 is 1.95 bits per heavy atom. The molecule has 5 heteroatoms. The van der Waals surface area contributed by atoms with Crippen LogP contribution in [-0.2, 0) is 16.0 Å².